The van der Waals surface area contributed by atoms with E-state index in [0.717, 1.165) is 6.21 Å². The van der Waals surface area contributed by atoms with Crippen LogP contribution in [0.15, 0.2) is 14.6 Å². The predicted octanol–water partition coefficient (Wildman–Crippen LogP) is -2.33. The van der Waals surface area contributed by atoms with Crippen molar-refractivity contribution in [1.82, 2.24) is 9.97 Å². The molecular formula is C7H8N4O4. The zero-order chi connectivity index (χ0) is 11.4. The first-order valence-corrected chi connectivity index (χ1v) is 3.84. The smallest absolute Gasteiger partial charge is 0.328 e. The number of hydrogen-bond acceptors (Lipinski definition) is 5. The van der Waals surface area contributed by atoms with Crippen LogP contribution in [0.2, 0.25) is 0 Å². The summed E-state index contributed by atoms with van der Waals surface area (Å²) in [6.45, 7) is -0.308. The number of aliphatic imine (C=N–C) groups is 1. The summed E-state index contributed by atoms with van der Waals surface area (Å²) in [6.07, 6.45) is 0.953. The van der Waals surface area contributed by atoms with Crippen molar-refractivity contribution in [3.05, 3.63) is 26.4 Å². The maximum atomic E-state index is 11.1. The number of rotatable bonds is 3. The topological polar surface area (TPSA) is 141 Å². The Morgan fingerprint density at radius 2 is 2.13 bits per heavy atom. The van der Waals surface area contributed by atoms with E-state index in [0.29, 0.717) is 0 Å². The molecule has 1 heterocycles. The molecule has 0 aliphatic carbocycles. The Labute approximate surface area is 82.5 Å². The predicted molar refractivity (Wildman–Crippen MR) is 51.0 cm³/mol. The van der Waals surface area contributed by atoms with Crippen LogP contribution in [0.4, 0.5) is 0 Å². The molecule has 0 aromatic carbocycles. The third-order valence-corrected chi connectivity index (χ3v) is 1.43. The molecule has 8 heteroatoms. The molecule has 80 valence electrons. The number of carbonyl (C=O) groups is 1. The Morgan fingerprint density at radius 1 is 1.47 bits per heavy atom. The molecule has 1 rings (SSSR count). The summed E-state index contributed by atoms with van der Waals surface area (Å²) in [5.41, 5.74) is 2.93. The molecule has 1 amide bonds. The van der Waals surface area contributed by atoms with E-state index in [1.165, 1.54) is 0 Å². The first-order chi connectivity index (χ1) is 7.00. The van der Waals surface area contributed by atoms with Crippen LogP contribution in [-0.2, 0) is 4.79 Å². The van der Waals surface area contributed by atoms with E-state index >= 15 is 0 Å². The van der Waals surface area contributed by atoms with Crippen molar-refractivity contribution in [2.24, 2.45) is 10.7 Å². The number of nitrogens with one attached hydrogen (secondary N) is 2. The highest BCUT2D eigenvalue weighted by Gasteiger charge is 2.04. The van der Waals surface area contributed by atoms with E-state index < -0.39 is 23.0 Å². The standard InChI is InChI=1S/C7H8N4O4/c8-4(12)2-9-1-3-5(13)10-7(15)11-6(3)14/h1H,2H2,(H2,8,12)(H3,10,11,13,14,15). The third-order valence-electron chi connectivity index (χ3n) is 1.43. The molecule has 0 bridgehead atoms. The largest absolute Gasteiger partial charge is 0.494 e. The molecule has 5 N–H and O–H groups in total. The minimum atomic E-state index is -0.829. The minimum Gasteiger partial charge on any atom is -0.494 e. The van der Waals surface area contributed by atoms with Gasteiger partial charge in [0.05, 0.1) is 0 Å². The van der Waals surface area contributed by atoms with Crippen LogP contribution in [0.25, 0.3) is 0 Å². The molecule has 0 fully saturated rings. The molecule has 8 nitrogen and oxygen atoms in total. The monoisotopic (exact) mass is 212 g/mol. The molecule has 0 aliphatic rings. The van der Waals surface area contributed by atoms with Gasteiger partial charge < -0.3 is 10.8 Å². The number of hydrogen-bond donors (Lipinski definition) is 4. The van der Waals surface area contributed by atoms with Gasteiger partial charge in [-0.05, 0) is 0 Å². The number of aromatic hydroxyl groups is 1. The molecule has 0 atom stereocenters. The van der Waals surface area contributed by atoms with E-state index in [9.17, 15) is 14.4 Å². The zero-order valence-electron chi connectivity index (χ0n) is 7.48. The average Bonchev–Trinajstić information content (AvgIpc) is 2.08. The highest BCUT2D eigenvalue weighted by Crippen LogP contribution is 2.00. The third kappa shape index (κ3) is 2.79. The SMILES string of the molecule is NC(=O)CN=Cc1c(O)[nH]c(=O)[nH]c1=O. The second-order valence-corrected chi connectivity index (χ2v) is 2.61. The van der Waals surface area contributed by atoms with Gasteiger partial charge in [0.2, 0.25) is 11.8 Å². The fourth-order valence-corrected chi connectivity index (χ4v) is 0.831. The number of aromatic nitrogens is 2. The van der Waals surface area contributed by atoms with Gasteiger partial charge >= 0.3 is 5.69 Å². The Kier molecular flexibility index (Phi) is 3.01. The van der Waals surface area contributed by atoms with Gasteiger partial charge in [0, 0.05) is 6.21 Å². The van der Waals surface area contributed by atoms with Gasteiger partial charge in [0.25, 0.3) is 5.56 Å². The van der Waals surface area contributed by atoms with Crippen molar-refractivity contribution < 1.29 is 9.90 Å². The van der Waals surface area contributed by atoms with Gasteiger partial charge in [-0.1, -0.05) is 0 Å². The minimum absolute atomic E-state index is 0.240. The lowest BCUT2D eigenvalue weighted by Gasteiger charge is -1.95. The van der Waals surface area contributed by atoms with Crippen molar-refractivity contribution in [1.29, 1.82) is 0 Å². The second-order valence-electron chi connectivity index (χ2n) is 2.61. The van der Waals surface area contributed by atoms with Crippen molar-refractivity contribution >= 4 is 12.1 Å². The summed E-state index contributed by atoms with van der Waals surface area (Å²) in [5, 5.41) is 9.15. The fraction of sp³-hybridized carbons (Fsp3) is 0.143. The summed E-state index contributed by atoms with van der Waals surface area (Å²) in [4.78, 5) is 39.4. The van der Waals surface area contributed by atoms with Crippen LogP contribution in [0.1, 0.15) is 5.56 Å². The number of primary amides is 1. The maximum absolute atomic E-state index is 11.1. The lowest BCUT2D eigenvalue weighted by molar-refractivity contribution is -0.116. The van der Waals surface area contributed by atoms with Crippen LogP contribution >= 0.6 is 0 Å². The number of nitrogens with two attached hydrogens (primary N) is 1. The first kappa shape index (κ1) is 10.7. The van der Waals surface area contributed by atoms with Gasteiger partial charge in [0.15, 0.2) is 0 Å². The Hall–Kier alpha value is -2.38. The van der Waals surface area contributed by atoms with E-state index in [4.69, 9.17) is 10.8 Å². The lowest BCUT2D eigenvalue weighted by Crippen LogP contribution is -2.25. The zero-order valence-corrected chi connectivity index (χ0v) is 7.48. The van der Waals surface area contributed by atoms with Crippen molar-refractivity contribution in [3.63, 3.8) is 0 Å². The fourth-order valence-electron chi connectivity index (χ4n) is 0.831. The van der Waals surface area contributed by atoms with Crippen molar-refractivity contribution in [2.45, 2.75) is 0 Å². The average molecular weight is 212 g/mol. The molecule has 0 aliphatic heterocycles. The number of amides is 1. The number of nitrogens with zero attached hydrogens (tertiary/aromatic N) is 1. The summed E-state index contributed by atoms with van der Waals surface area (Å²) in [5.74, 6) is -1.29. The summed E-state index contributed by atoms with van der Waals surface area (Å²) >= 11 is 0. The molecule has 15 heavy (non-hydrogen) atoms. The Bertz CT molecular complexity index is 512. The second kappa shape index (κ2) is 4.22. The highest BCUT2D eigenvalue weighted by atomic mass is 16.3. The summed E-state index contributed by atoms with van der Waals surface area (Å²) < 4.78 is 0. The quantitative estimate of drug-likeness (QED) is 0.417. The summed E-state index contributed by atoms with van der Waals surface area (Å²) in [6, 6.07) is 0. The maximum Gasteiger partial charge on any atom is 0.328 e. The van der Waals surface area contributed by atoms with E-state index in [1.54, 1.807) is 0 Å². The van der Waals surface area contributed by atoms with Crippen LogP contribution in [0.3, 0.4) is 0 Å². The molecule has 1 aromatic heterocycles. The molecule has 1 aromatic rings. The molecule has 0 radical (unpaired) electrons. The van der Waals surface area contributed by atoms with E-state index in [1.807, 2.05) is 9.97 Å². The van der Waals surface area contributed by atoms with Crippen LogP contribution in [-0.4, -0.2) is 33.7 Å². The number of aromatic amines is 2. The summed E-state index contributed by atoms with van der Waals surface area (Å²) in [7, 11) is 0. The molecule has 0 unspecified atom stereocenters. The van der Waals surface area contributed by atoms with Crippen LogP contribution in [0.5, 0.6) is 5.88 Å². The van der Waals surface area contributed by atoms with Gasteiger partial charge in [0.1, 0.15) is 12.1 Å². The molecular weight excluding hydrogens is 204 g/mol. The Balaban J connectivity index is 3.05. The van der Waals surface area contributed by atoms with Crippen LogP contribution < -0.4 is 17.0 Å². The molecule has 0 spiro atoms. The van der Waals surface area contributed by atoms with Gasteiger partial charge in [-0.25, -0.2) is 4.79 Å². The van der Waals surface area contributed by atoms with Gasteiger partial charge in [-0.3, -0.25) is 24.5 Å². The highest BCUT2D eigenvalue weighted by molar-refractivity contribution is 5.84. The van der Waals surface area contributed by atoms with Gasteiger partial charge in [-0.15, -0.1) is 0 Å². The normalized spacial score (nSPS) is 10.7. The van der Waals surface area contributed by atoms with Crippen molar-refractivity contribution in [3.8, 4) is 5.88 Å². The number of H-pyrrole nitrogens is 2. The van der Waals surface area contributed by atoms with E-state index in [2.05, 4.69) is 4.99 Å². The first-order valence-electron chi connectivity index (χ1n) is 3.84. The van der Waals surface area contributed by atoms with Crippen molar-refractivity contribution in [2.75, 3.05) is 6.54 Å². The number of carbonyl (C=O) groups excluding carboxylic acids is 1. The lowest BCUT2D eigenvalue weighted by atomic mass is 10.3. The van der Waals surface area contributed by atoms with E-state index in [-0.39, 0.29) is 12.1 Å². The van der Waals surface area contributed by atoms with Crippen LogP contribution in [0, 0.1) is 0 Å². The Morgan fingerprint density at radius 3 is 2.67 bits per heavy atom. The molecule has 0 saturated carbocycles. The molecule has 0 saturated heterocycles. The van der Waals surface area contributed by atoms with Gasteiger partial charge in [-0.2, -0.15) is 0 Å².